The number of aromatic nitrogens is 2. The van der Waals surface area contributed by atoms with Gasteiger partial charge in [0.2, 0.25) is 0 Å². The quantitative estimate of drug-likeness (QED) is 0.781. The molecule has 3 aromatic rings. The molecule has 2 heterocycles. The largest absolute Gasteiger partial charge is 0.327 e. The molecule has 0 radical (unpaired) electrons. The Morgan fingerprint density at radius 3 is 2.57 bits per heavy atom. The molecule has 0 saturated carbocycles. The highest BCUT2D eigenvalue weighted by atomic mass is 32.1. The number of hydrogen-bond acceptors (Lipinski definition) is 5. The Morgan fingerprint density at radius 1 is 1.05 bits per heavy atom. The second kappa shape index (κ2) is 6.47. The maximum atomic E-state index is 6.23. The lowest BCUT2D eigenvalue weighted by atomic mass is 10.1. The van der Waals surface area contributed by atoms with Crippen molar-refractivity contribution in [1.82, 2.24) is 9.97 Å². The third kappa shape index (κ3) is 3.75. The van der Waals surface area contributed by atoms with Gasteiger partial charge in [0.05, 0.1) is 21.4 Å². The van der Waals surface area contributed by atoms with Gasteiger partial charge in [0.25, 0.3) is 0 Å². The van der Waals surface area contributed by atoms with E-state index in [1.54, 1.807) is 22.7 Å². The van der Waals surface area contributed by atoms with Gasteiger partial charge in [-0.05, 0) is 6.92 Å². The van der Waals surface area contributed by atoms with Gasteiger partial charge in [-0.2, -0.15) is 0 Å². The summed E-state index contributed by atoms with van der Waals surface area (Å²) >= 11 is 3.35. The Hall–Kier alpha value is -1.56. The van der Waals surface area contributed by atoms with Crippen molar-refractivity contribution in [3.8, 4) is 11.3 Å². The second-order valence-corrected chi connectivity index (χ2v) is 7.02. The van der Waals surface area contributed by atoms with Gasteiger partial charge in [0, 0.05) is 35.2 Å². The van der Waals surface area contributed by atoms with Gasteiger partial charge in [0.1, 0.15) is 0 Å². The van der Waals surface area contributed by atoms with Crippen LogP contribution >= 0.6 is 22.7 Å². The number of nitrogens with two attached hydrogens (primary N) is 1. The summed E-state index contributed by atoms with van der Waals surface area (Å²) in [5.74, 6) is 0. The minimum absolute atomic E-state index is 0.0706. The predicted octanol–water partition coefficient (Wildman–Crippen LogP) is 3.69. The summed E-state index contributed by atoms with van der Waals surface area (Å²) in [5.41, 5.74) is 9.50. The molecule has 3 rings (SSSR count). The normalized spacial score (nSPS) is 12.5. The van der Waals surface area contributed by atoms with E-state index in [1.165, 1.54) is 0 Å². The topological polar surface area (TPSA) is 51.8 Å². The number of nitrogens with zero attached hydrogens (tertiary/aromatic N) is 2. The summed E-state index contributed by atoms with van der Waals surface area (Å²) in [7, 11) is 0. The SMILES string of the molecule is Cc1nc(CC(N)Cc2nc(-c3ccccc3)cs2)cs1. The lowest BCUT2D eigenvalue weighted by Gasteiger charge is -2.07. The number of aryl methyl sites for hydroxylation is 1. The fourth-order valence-electron chi connectivity index (χ4n) is 2.21. The van der Waals surface area contributed by atoms with E-state index in [2.05, 4.69) is 32.9 Å². The van der Waals surface area contributed by atoms with E-state index in [9.17, 15) is 0 Å². The van der Waals surface area contributed by atoms with Crippen LogP contribution in [0.1, 0.15) is 15.7 Å². The molecule has 0 saturated heterocycles. The van der Waals surface area contributed by atoms with Crippen LogP contribution in [0.4, 0.5) is 0 Å². The molecule has 0 fully saturated rings. The number of hydrogen-bond donors (Lipinski definition) is 1. The Morgan fingerprint density at radius 2 is 1.86 bits per heavy atom. The van der Waals surface area contributed by atoms with Crippen molar-refractivity contribution in [3.63, 3.8) is 0 Å². The Labute approximate surface area is 132 Å². The van der Waals surface area contributed by atoms with Crippen LogP contribution < -0.4 is 5.73 Å². The fourth-order valence-corrected chi connectivity index (χ4v) is 3.74. The van der Waals surface area contributed by atoms with Crippen LogP contribution in [0.5, 0.6) is 0 Å². The van der Waals surface area contributed by atoms with Gasteiger partial charge >= 0.3 is 0 Å². The van der Waals surface area contributed by atoms with Crippen molar-refractivity contribution < 1.29 is 0 Å². The molecule has 3 nitrogen and oxygen atoms in total. The average Bonchev–Trinajstić information content (AvgIpc) is 3.09. The molecular weight excluding hydrogens is 298 g/mol. The number of rotatable bonds is 5. The fraction of sp³-hybridized carbons (Fsp3) is 0.250. The molecule has 0 aliphatic heterocycles. The Kier molecular flexibility index (Phi) is 4.43. The van der Waals surface area contributed by atoms with Gasteiger partial charge in [-0.15, -0.1) is 22.7 Å². The van der Waals surface area contributed by atoms with Gasteiger partial charge in [-0.25, -0.2) is 9.97 Å². The molecule has 2 N–H and O–H groups in total. The predicted molar refractivity (Wildman–Crippen MR) is 89.8 cm³/mol. The zero-order chi connectivity index (χ0) is 14.7. The van der Waals surface area contributed by atoms with Crippen LogP contribution in [-0.2, 0) is 12.8 Å². The van der Waals surface area contributed by atoms with E-state index < -0.39 is 0 Å². The minimum Gasteiger partial charge on any atom is -0.327 e. The monoisotopic (exact) mass is 315 g/mol. The van der Waals surface area contributed by atoms with Gasteiger partial charge < -0.3 is 5.73 Å². The molecule has 2 aromatic heterocycles. The molecule has 1 unspecified atom stereocenters. The average molecular weight is 315 g/mol. The lowest BCUT2D eigenvalue weighted by Crippen LogP contribution is -2.25. The highest BCUT2D eigenvalue weighted by molar-refractivity contribution is 7.10. The summed E-state index contributed by atoms with van der Waals surface area (Å²) < 4.78 is 0. The van der Waals surface area contributed by atoms with E-state index in [0.29, 0.717) is 0 Å². The summed E-state index contributed by atoms with van der Waals surface area (Å²) in [6.07, 6.45) is 1.61. The first-order valence-electron chi connectivity index (χ1n) is 6.87. The molecular formula is C16H17N3S2. The minimum atomic E-state index is 0.0706. The Bertz CT molecular complexity index is 703. The molecule has 0 bridgehead atoms. The van der Waals surface area contributed by atoms with Gasteiger partial charge in [0.15, 0.2) is 0 Å². The van der Waals surface area contributed by atoms with Crippen molar-refractivity contribution >= 4 is 22.7 Å². The summed E-state index contributed by atoms with van der Waals surface area (Å²) in [4.78, 5) is 9.15. The highest BCUT2D eigenvalue weighted by Crippen LogP contribution is 2.22. The van der Waals surface area contributed by atoms with Gasteiger partial charge in [-0.1, -0.05) is 30.3 Å². The van der Waals surface area contributed by atoms with E-state index in [1.807, 2.05) is 25.1 Å². The molecule has 1 aromatic carbocycles. The highest BCUT2D eigenvalue weighted by Gasteiger charge is 2.11. The standard InChI is InChI=1S/C16H17N3S2/c1-11-18-14(9-20-11)7-13(17)8-16-19-15(10-21-16)12-5-3-2-4-6-12/h2-6,9-10,13H,7-8,17H2,1H3. The van der Waals surface area contributed by atoms with Crippen LogP contribution in [-0.4, -0.2) is 16.0 Å². The maximum Gasteiger partial charge on any atom is 0.0948 e. The van der Waals surface area contributed by atoms with E-state index in [-0.39, 0.29) is 6.04 Å². The van der Waals surface area contributed by atoms with E-state index in [0.717, 1.165) is 39.8 Å². The summed E-state index contributed by atoms with van der Waals surface area (Å²) in [6.45, 7) is 2.02. The van der Waals surface area contributed by atoms with Crippen molar-refractivity contribution in [2.45, 2.75) is 25.8 Å². The summed E-state index contributed by atoms with van der Waals surface area (Å²) in [5, 5.41) is 6.38. The first kappa shape index (κ1) is 14.4. The smallest absolute Gasteiger partial charge is 0.0948 e. The third-order valence-corrected chi connectivity index (χ3v) is 4.89. The lowest BCUT2D eigenvalue weighted by molar-refractivity contribution is 0.653. The van der Waals surface area contributed by atoms with Crippen molar-refractivity contribution in [3.05, 3.63) is 56.8 Å². The van der Waals surface area contributed by atoms with E-state index in [4.69, 9.17) is 5.73 Å². The first-order chi connectivity index (χ1) is 10.2. The zero-order valence-corrected chi connectivity index (χ0v) is 13.5. The van der Waals surface area contributed by atoms with Crippen molar-refractivity contribution in [1.29, 1.82) is 0 Å². The molecule has 108 valence electrons. The molecule has 21 heavy (non-hydrogen) atoms. The third-order valence-electron chi connectivity index (χ3n) is 3.20. The number of thiazole rings is 2. The molecule has 0 amide bonds. The molecule has 0 aliphatic carbocycles. The van der Waals surface area contributed by atoms with Crippen molar-refractivity contribution in [2.75, 3.05) is 0 Å². The van der Waals surface area contributed by atoms with Crippen LogP contribution in [0.25, 0.3) is 11.3 Å². The number of benzene rings is 1. The Balaban J connectivity index is 1.64. The van der Waals surface area contributed by atoms with Crippen LogP contribution in [0.15, 0.2) is 41.1 Å². The second-order valence-electron chi connectivity index (χ2n) is 5.02. The molecule has 5 heteroatoms. The first-order valence-corrected chi connectivity index (χ1v) is 8.63. The van der Waals surface area contributed by atoms with Crippen LogP contribution in [0.2, 0.25) is 0 Å². The van der Waals surface area contributed by atoms with Crippen LogP contribution in [0, 0.1) is 6.92 Å². The van der Waals surface area contributed by atoms with E-state index >= 15 is 0 Å². The van der Waals surface area contributed by atoms with Crippen LogP contribution in [0.3, 0.4) is 0 Å². The van der Waals surface area contributed by atoms with Gasteiger partial charge in [-0.3, -0.25) is 0 Å². The molecule has 1 atom stereocenters. The molecule has 0 spiro atoms. The summed E-state index contributed by atoms with van der Waals surface area (Å²) in [6, 6.07) is 10.3. The molecule has 0 aliphatic rings. The maximum absolute atomic E-state index is 6.23. The van der Waals surface area contributed by atoms with Crippen molar-refractivity contribution in [2.24, 2.45) is 5.73 Å². The zero-order valence-electron chi connectivity index (χ0n) is 11.8.